The summed E-state index contributed by atoms with van der Waals surface area (Å²) in [4.78, 5) is 76.8. The number of aromatic hydroxyl groups is 2. The Morgan fingerprint density at radius 3 is 1.54 bits per heavy atom. The van der Waals surface area contributed by atoms with Crippen LogP contribution in [-0.2, 0) is 41.6 Å². The zero-order valence-corrected chi connectivity index (χ0v) is 27.4. The van der Waals surface area contributed by atoms with E-state index < -0.39 is 78.1 Å². The minimum Gasteiger partial charge on any atom is -0.508 e. The molecule has 2 aromatic rings. The van der Waals surface area contributed by atoms with Crippen molar-refractivity contribution in [3.05, 3.63) is 59.7 Å². The van der Waals surface area contributed by atoms with Gasteiger partial charge < -0.3 is 48.1 Å². The van der Waals surface area contributed by atoms with Crippen LogP contribution in [0.15, 0.2) is 48.5 Å². The van der Waals surface area contributed by atoms with E-state index in [2.05, 4.69) is 21.3 Å². The maximum Gasteiger partial charge on any atom is 0.326 e. The average Bonchev–Trinajstić information content (AvgIpc) is 2.99. The van der Waals surface area contributed by atoms with Gasteiger partial charge in [0, 0.05) is 6.42 Å². The third-order valence-corrected chi connectivity index (χ3v) is 7.35. The lowest BCUT2D eigenvalue weighted by Crippen LogP contribution is -2.59. The summed E-state index contributed by atoms with van der Waals surface area (Å²) in [5, 5.41) is 38.7. The molecule has 5 atom stereocenters. The molecule has 0 aliphatic heterocycles. The maximum absolute atomic E-state index is 13.7. The minimum absolute atomic E-state index is 0.00834. The predicted octanol–water partition coefficient (Wildman–Crippen LogP) is -0.188. The summed E-state index contributed by atoms with van der Waals surface area (Å²) in [5.41, 5.74) is 12.7. The second-order valence-electron chi connectivity index (χ2n) is 12.4. The number of carboxylic acid groups (broad SMARTS) is 1. The molecular weight excluding hydrogens is 624 g/mol. The van der Waals surface area contributed by atoms with E-state index in [0.717, 1.165) is 0 Å². The summed E-state index contributed by atoms with van der Waals surface area (Å²) >= 11 is 0. The highest BCUT2D eigenvalue weighted by molar-refractivity contribution is 5.97. The molecule has 0 spiro atoms. The van der Waals surface area contributed by atoms with Crippen LogP contribution < -0.4 is 32.7 Å². The van der Waals surface area contributed by atoms with Gasteiger partial charge in [0.05, 0.1) is 12.5 Å². The average molecular weight is 671 g/mol. The molecule has 2 rings (SSSR count). The maximum atomic E-state index is 13.7. The van der Waals surface area contributed by atoms with Gasteiger partial charge in [0.15, 0.2) is 0 Å². The van der Waals surface area contributed by atoms with Crippen molar-refractivity contribution in [2.24, 2.45) is 23.3 Å². The summed E-state index contributed by atoms with van der Waals surface area (Å²) in [6.45, 7) is 6.72. The molecule has 0 aliphatic carbocycles. The molecule has 15 heteroatoms. The van der Waals surface area contributed by atoms with Crippen LogP contribution in [0.25, 0.3) is 0 Å². The van der Waals surface area contributed by atoms with E-state index in [4.69, 9.17) is 11.5 Å². The molecule has 2 aromatic carbocycles. The third-order valence-electron chi connectivity index (χ3n) is 7.35. The normalized spacial score (nSPS) is 14.2. The number of hydrogen-bond acceptors (Lipinski definition) is 9. The van der Waals surface area contributed by atoms with E-state index in [-0.39, 0.29) is 36.7 Å². The number of aliphatic carboxylic acids is 1. The molecule has 262 valence electrons. The van der Waals surface area contributed by atoms with Crippen molar-refractivity contribution < 1.29 is 44.1 Å². The first-order valence-electron chi connectivity index (χ1n) is 15.5. The highest BCUT2D eigenvalue weighted by Gasteiger charge is 2.33. The number of nitrogens with one attached hydrogen (secondary N) is 4. The van der Waals surface area contributed by atoms with Crippen LogP contribution >= 0.6 is 0 Å². The fourth-order valence-electron chi connectivity index (χ4n) is 4.76. The summed E-state index contributed by atoms with van der Waals surface area (Å²) < 4.78 is 0. The van der Waals surface area contributed by atoms with Gasteiger partial charge in [0.1, 0.15) is 35.7 Å². The highest BCUT2D eigenvalue weighted by atomic mass is 16.4. The first kappa shape index (κ1) is 39.0. The summed E-state index contributed by atoms with van der Waals surface area (Å²) in [5.74, 6) is -6.07. The number of rotatable bonds is 18. The molecule has 0 fully saturated rings. The second kappa shape index (κ2) is 18.2. The van der Waals surface area contributed by atoms with Crippen molar-refractivity contribution in [1.82, 2.24) is 21.3 Å². The number of amides is 5. The number of primary amides is 1. The third kappa shape index (κ3) is 12.9. The van der Waals surface area contributed by atoms with E-state index in [1.54, 1.807) is 52.0 Å². The van der Waals surface area contributed by atoms with Gasteiger partial charge in [0.25, 0.3) is 0 Å². The first-order valence-corrected chi connectivity index (χ1v) is 15.5. The number of phenols is 2. The van der Waals surface area contributed by atoms with Crippen LogP contribution in [0.4, 0.5) is 0 Å². The molecule has 0 aliphatic rings. The van der Waals surface area contributed by atoms with Gasteiger partial charge in [-0.2, -0.15) is 0 Å². The predicted molar refractivity (Wildman–Crippen MR) is 175 cm³/mol. The largest absolute Gasteiger partial charge is 0.508 e. The number of benzene rings is 2. The topological polar surface area (TPSA) is 263 Å². The van der Waals surface area contributed by atoms with Crippen LogP contribution in [0.1, 0.15) is 51.7 Å². The Labute approximate surface area is 278 Å². The molecule has 0 aromatic heterocycles. The zero-order chi connectivity index (χ0) is 36.1. The van der Waals surface area contributed by atoms with Crippen molar-refractivity contribution in [1.29, 1.82) is 0 Å². The number of carboxylic acids is 1. The van der Waals surface area contributed by atoms with E-state index in [9.17, 15) is 44.1 Å². The second-order valence-corrected chi connectivity index (χ2v) is 12.4. The lowest BCUT2D eigenvalue weighted by Gasteiger charge is -2.27. The lowest BCUT2D eigenvalue weighted by atomic mass is 9.99. The van der Waals surface area contributed by atoms with E-state index in [1.807, 2.05) is 0 Å². The van der Waals surface area contributed by atoms with Gasteiger partial charge >= 0.3 is 5.97 Å². The molecule has 0 unspecified atom stereocenters. The molecule has 0 bridgehead atoms. The number of carbonyl (C=O) groups excluding carboxylic acids is 5. The van der Waals surface area contributed by atoms with Crippen molar-refractivity contribution in [2.45, 2.75) is 83.6 Å². The van der Waals surface area contributed by atoms with Crippen LogP contribution in [-0.4, -0.2) is 81.0 Å². The quantitative estimate of drug-likeness (QED) is 0.101. The Morgan fingerprint density at radius 2 is 1.08 bits per heavy atom. The zero-order valence-electron chi connectivity index (χ0n) is 27.4. The van der Waals surface area contributed by atoms with Crippen molar-refractivity contribution in [3.8, 4) is 11.5 Å². The number of nitrogens with two attached hydrogens (primary N) is 2. The van der Waals surface area contributed by atoms with Gasteiger partial charge in [-0.05, 0) is 60.1 Å². The molecule has 0 radical (unpaired) electrons. The summed E-state index contributed by atoms with van der Waals surface area (Å²) in [6, 6.07) is 5.67. The van der Waals surface area contributed by atoms with Gasteiger partial charge in [-0.15, -0.1) is 0 Å². The molecule has 0 saturated heterocycles. The van der Waals surface area contributed by atoms with Crippen LogP contribution in [0.3, 0.4) is 0 Å². The molecule has 48 heavy (non-hydrogen) atoms. The highest BCUT2D eigenvalue weighted by Crippen LogP contribution is 2.14. The Balaban J connectivity index is 2.30. The van der Waals surface area contributed by atoms with Crippen molar-refractivity contribution >= 4 is 35.5 Å². The Hall–Kier alpha value is -5.18. The number of phenolic OH excluding ortho intramolecular Hbond substituents is 2. The van der Waals surface area contributed by atoms with E-state index in [1.165, 1.54) is 24.3 Å². The van der Waals surface area contributed by atoms with Crippen molar-refractivity contribution in [3.63, 3.8) is 0 Å². The van der Waals surface area contributed by atoms with E-state index in [0.29, 0.717) is 11.1 Å². The van der Waals surface area contributed by atoms with Crippen LogP contribution in [0.2, 0.25) is 0 Å². The molecule has 15 nitrogen and oxygen atoms in total. The number of hydrogen-bond donors (Lipinski definition) is 9. The van der Waals surface area contributed by atoms with Crippen molar-refractivity contribution in [2.75, 3.05) is 0 Å². The van der Waals surface area contributed by atoms with Crippen LogP contribution in [0, 0.1) is 11.8 Å². The Bertz CT molecular complexity index is 1430. The van der Waals surface area contributed by atoms with E-state index >= 15 is 0 Å². The fourth-order valence-corrected chi connectivity index (χ4v) is 4.76. The monoisotopic (exact) mass is 670 g/mol. The summed E-state index contributed by atoms with van der Waals surface area (Å²) in [7, 11) is 0. The lowest BCUT2D eigenvalue weighted by molar-refractivity contribution is -0.143. The Morgan fingerprint density at radius 1 is 0.646 bits per heavy atom. The SMILES string of the molecule is CC(C)C[C@H](NC(=O)[C@H](Cc1ccc(O)cc1)NC(=O)[C@@H](N)Cc1ccc(O)cc1)C(=O)N[C@@H](CC(N)=O)C(=O)N[C@H](C(=O)O)C(C)C. The van der Waals surface area contributed by atoms with Gasteiger partial charge in [-0.1, -0.05) is 52.0 Å². The standard InChI is InChI=1S/C33H46N6O9/c1-17(2)13-24(30(44)38-26(16-27(35)42)32(46)39-28(18(3)4)33(47)48)37-31(45)25(15-20-7-11-22(41)12-8-20)36-29(43)23(34)14-19-5-9-21(40)10-6-19/h5-12,17-18,23-26,28,40-41H,13-16,34H2,1-4H3,(H2,35,42)(H,36,43)(H,37,45)(H,38,44)(H,39,46)(H,47,48)/t23-,24-,25-,26-,28-/m0/s1. The van der Waals surface area contributed by atoms with Crippen LogP contribution in [0.5, 0.6) is 11.5 Å². The number of carbonyl (C=O) groups is 6. The summed E-state index contributed by atoms with van der Waals surface area (Å²) in [6.07, 6.45) is -0.492. The molecule has 5 amide bonds. The molecule has 11 N–H and O–H groups in total. The molecule has 0 heterocycles. The smallest absolute Gasteiger partial charge is 0.326 e. The van der Waals surface area contributed by atoms with Gasteiger partial charge in [0.2, 0.25) is 29.5 Å². The minimum atomic E-state index is -1.53. The first-order chi connectivity index (χ1) is 22.5. The fraction of sp³-hybridized carbons (Fsp3) is 0.455. The Kier molecular flexibility index (Phi) is 14.8. The molecule has 0 saturated carbocycles. The van der Waals surface area contributed by atoms with Gasteiger partial charge in [-0.3, -0.25) is 24.0 Å². The van der Waals surface area contributed by atoms with Gasteiger partial charge in [-0.25, -0.2) is 4.79 Å². The molecular formula is C33H46N6O9.